The average molecular weight is 284 g/mol. The second-order valence-corrected chi connectivity index (χ2v) is 6.58. The van der Waals surface area contributed by atoms with Gasteiger partial charge >= 0.3 is 0 Å². The largest absolute Gasteiger partial charge is 0.392 e. The summed E-state index contributed by atoms with van der Waals surface area (Å²) in [6.07, 6.45) is 7.76. The molecule has 1 heterocycles. The van der Waals surface area contributed by atoms with Crippen LogP contribution in [0.1, 0.15) is 52.4 Å². The molecule has 0 aromatic rings. The summed E-state index contributed by atoms with van der Waals surface area (Å²) in [4.78, 5) is 0. The first kappa shape index (κ1) is 16.0. The van der Waals surface area contributed by atoms with E-state index in [1.165, 1.54) is 0 Å². The molecule has 6 atom stereocenters. The van der Waals surface area contributed by atoms with Crippen LogP contribution in [0.15, 0.2) is 12.2 Å². The zero-order chi connectivity index (χ0) is 14.8. The molecular formula is C16H28O4. The molecule has 20 heavy (non-hydrogen) atoms. The van der Waals surface area contributed by atoms with Crippen molar-refractivity contribution in [2.45, 2.75) is 76.5 Å². The number of hydrogen-bond acceptors (Lipinski definition) is 4. The van der Waals surface area contributed by atoms with Crippen molar-refractivity contribution in [1.82, 2.24) is 0 Å². The van der Waals surface area contributed by atoms with Crippen LogP contribution in [0, 0.1) is 11.8 Å². The zero-order valence-electron chi connectivity index (χ0n) is 12.5. The molecule has 1 saturated carbocycles. The van der Waals surface area contributed by atoms with Crippen LogP contribution in [0.2, 0.25) is 0 Å². The molecule has 0 aromatic heterocycles. The number of ether oxygens (including phenoxy) is 1. The normalized spacial score (nSPS) is 40.1. The van der Waals surface area contributed by atoms with E-state index in [1.54, 1.807) is 0 Å². The predicted octanol–water partition coefficient (Wildman–Crippen LogP) is 1.98. The highest BCUT2D eigenvalue weighted by Gasteiger charge is 2.47. The molecule has 2 fully saturated rings. The number of aliphatic hydroxyl groups excluding tert-OH is 2. The molecule has 0 bridgehead atoms. The molecule has 1 aliphatic heterocycles. The third-order valence-electron chi connectivity index (χ3n) is 4.66. The number of fused-ring (bicyclic) bond motifs is 1. The number of unbranched alkanes of at least 4 members (excludes halogenated alkanes) is 2. The van der Waals surface area contributed by atoms with Crippen molar-refractivity contribution < 1.29 is 20.1 Å². The minimum Gasteiger partial charge on any atom is -0.392 e. The van der Waals surface area contributed by atoms with E-state index in [0.717, 1.165) is 25.7 Å². The first-order chi connectivity index (χ1) is 9.43. The second kappa shape index (κ2) is 6.56. The summed E-state index contributed by atoms with van der Waals surface area (Å²) in [6.45, 7) is 3.96. The topological polar surface area (TPSA) is 69.9 Å². The summed E-state index contributed by atoms with van der Waals surface area (Å²) >= 11 is 0. The summed E-state index contributed by atoms with van der Waals surface area (Å²) in [5.41, 5.74) is -0.814. The van der Waals surface area contributed by atoms with Crippen molar-refractivity contribution in [1.29, 1.82) is 0 Å². The fourth-order valence-corrected chi connectivity index (χ4v) is 3.46. The lowest BCUT2D eigenvalue weighted by Crippen LogP contribution is -2.23. The quantitative estimate of drug-likeness (QED) is 0.515. The maximum absolute atomic E-state index is 10.3. The molecule has 1 aliphatic carbocycles. The Hall–Kier alpha value is -0.420. The number of rotatable bonds is 6. The van der Waals surface area contributed by atoms with Gasteiger partial charge in [0.05, 0.1) is 17.8 Å². The summed E-state index contributed by atoms with van der Waals surface area (Å²) in [5.74, 6) is 0.150. The Morgan fingerprint density at radius 3 is 2.70 bits per heavy atom. The van der Waals surface area contributed by atoms with Gasteiger partial charge < -0.3 is 20.1 Å². The molecule has 1 saturated heterocycles. The highest BCUT2D eigenvalue weighted by molar-refractivity contribution is 5.09. The van der Waals surface area contributed by atoms with Crippen LogP contribution in [0.4, 0.5) is 0 Å². The molecule has 4 heteroatoms. The van der Waals surface area contributed by atoms with E-state index in [-0.39, 0.29) is 17.9 Å². The summed E-state index contributed by atoms with van der Waals surface area (Å²) in [7, 11) is 0. The van der Waals surface area contributed by atoms with Crippen molar-refractivity contribution in [2.75, 3.05) is 0 Å². The second-order valence-electron chi connectivity index (χ2n) is 6.58. The predicted molar refractivity (Wildman–Crippen MR) is 77.0 cm³/mol. The zero-order valence-corrected chi connectivity index (χ0v) is 12.5. The Balaban J connectivity index is 1.92. The van der Waals surface area contributed by atoms with Crippen LogP contribution >= 0.6 is 0 Å². The smallest absolute Gasteiger partial charge is 0.155 e. The van der Waals surface area contributed by atoms with Gasteiger partial charge in [0.25, 0.3) is 0 Å². The number of aliphatic hydroxyl groups is 3. The van der Waals surface area contributed by atoms with Crippen molar-refractivity contribution >= 4 is 0 Å². The van der Waals surface area contributed by atoms with Gasteiger partial charge in [0.1, 0.15) is 0 Å². The van der Waals surface area contributed by atoms with E-state index in [1.807, 2.05) is 19.1 Å². The summed E-state index contributed by atoms with van der Waals surface area (Å²) in [6, 6.07) is 0. The van der Waals surface area contributed by atoms with Crippen LogP contribution in [-0.2, 0) is 4.74 Å². The van der Waals surface area contributed by atoms with Crippen molar-refractivity contribution in [3.8, 4) is 0 Å². The van der Waals surface area contributed by atoms with Crippen LogP contribution < -0.4 is 0 Å². The van der Waals surface area contributed by atoms with E-state index >= 15 is 0 Å². The molecular weight excluding hydrogens is 256 g/mol. The third-order valence-corrected chi connectivity index (χ3v) is 4.66. The van der Waals surface area contributed by atoms with E-state index < -0.39 is 18.0 Å². The van der Waals surface area contributed by atoms with E-state index in [4.69, 9.17) is 4.74 Å². The fourth-order valence-electron chi connectivity index (χ4n) is 3.46. The van der Waals surface area contributed by atoms with E-state index in [0.29, 0.717) is 12.8 Å². The molecule has 116 valence electrons. The Morgan fingerprint density at radius 1 is 1.25 bits per heavy atom. The molecule has 3 N–H and O–H groups in total. The van der Waals surface area contributed by atoms with E-state index in [9.17, 15) is 15.3 Å². The van der Waals surface area contributed by atoms with Gasteiger partial charge in [-0.05, 0) is 19.3 Å². The molecule has 2 rings (SSSR count). The van der Waals surface area contributed by atoms with Crippen molar-refractivity contribution in [3.63, 3.8) is 0 Å². The Morgan fingerprint density at radius 2 is 2.00 bits per heavy atom. The summed E-state index contributed by atoms with van der Waals surface area (Å²) < 4.78 is 5.40. The third kappa shape index (κ3) is 3.82. The van der Waals surface area contributed by atoms with Gasteiger partial charge in [-0.25, -0.2) is 0 Å². The van der Waals surface area contributed by atoms with Gasteiger partial charge in [0, 0.05) is 18.8 Å². The van der Waals surface area contributed by atoms with Crippen molar-refractivity contribution in [2.24, 2.45) is 11.8 Å². The van der Waals surface area contributed by atoms with Gasteiger partial charge in [0.15, 0.2) is 6.29 Å². The molecule has 0 spiro atoms. The van der Waals surface area contributed by atoms with Crippen molar-refractivity contribution in [3.05, 3.63) is 12.2 Å². The van der Waals surface area contributed by atoms with Gasteiger partial charge in [0.2, 0.25) is 0 Å². The van der Waals surface area contributed by atoms with Crippen LogP contribution in [0.5, 0.6) is 0 Å². The van der Waals surface area contributed by atoms with Gasteiger partial charge in [-0.15, -0.1) is 0 Å². The maximum atomic E-state index is 10.3. The minimum absolute atomic E-state index is 0.0187. The molecule has 0 amide bonds. The van der Waals surface area contributed by atoms with Crippen LogP contribution in [0.3, 0.4) is 0 Å². The average Bonchev–Trinajstić information content (AvgIpc) is 2.82. The minimum atomic E-state index is -0.814. The molecule has 0 aromatic carbocycles. The Bertz CT molecular complexity index is 339. The number of hydrogen-bond donors (Lipinski definition) is 3. The monoisotopic (exact) mass is 284 g/mol. The van der Waals surface area contributed by atoms with E-state index in [2.05, 4.69) is 6.92 Å². The lowest BCUT2D eigenvalue weighted by Gasteiger charge is -2.22. The molecule has 2 aliphatic rings. The first-order valence-electron chi connectivity index (χ1n) is 7.86. The molecule has 3 unspecified atom stereocenters. The first-order valence-corrected chi connectivity index (χ1v) is 7.86. The van der Waals surface area contributed by atoms with Crippen LogP contribution in [-0.4, -0.2) is 39.4 Å². The highest BCUT2D eigenvalue weighted by atomic mass is 16.6. The molecule has 4 nitrogen and oxygen atoms in total. The SMILES string of the molecule is CCCCCC(C)(O)/C=C/[C@@H]1C2CC(O)O[C@H]2C[C@H]1O. The van der Waals surface area contributed by atoms with Gasteiger partial charge in [-0.2, -0.15) is 0 Å². The van der Waals surface area contributed by atoms with Gasteiger partial charge in [-0.1, -0.05) is 38.3 Å². The lowest BCUT2D eigenvalue weighted by atomic mass is 9.89. The Kier molecular flexibility index (Phi) is 5.24. The molecule has 0 radical (unpaired) electrons. The maximum Gasteiger partial charge on any atom is 0.155 e. The Labute approximate surface area is 121 Å². The fraction of sp³-hybridized carbons (Fsp3) is 0.875. The highest BCUT2D eigenvalue weighted by Crippen LogP contribution is 2.43. The standard InChI is InChI=1S/C16H28O4/c1-3-4-5-7-16(2,19)8-6-11-12-9-15(18)20-14(12)10-13(11)17/h6,8,11-15,17-19H,3-5,7,9-10H2,1-2H3/b8-6+/t11-,12?,13-,14+,15?,16?/m1/s1. The van der Waals surface area contributed by atoms with Gasteiger partial charge in [-0.3, -0.25) is 0 Å². The lowest BCUT2D eigenvalue weighted by molar-refractivity contribution is -0.0949. The van der Waals surface area contributed by atoms with Crippen LogP contribution in [0.25, 0.3) is 0 Å². The summed E-state index contributed by atoms with van der Waals surface area (Å²) in [5, 5.41) is 30.0.